The minimum absolute atomic E-state index is 0.0306. The fourth-order valence-corrected chi connectivity index (χ4v) is 6.23. The number of hydrogen-bond donors (Lipinski definition) is 0. The van der Waals surface area contributed by atoms with E-state index in [2.05, 4.69) is 25.0 Å². The summed E-state index contributed by atoms with van der Waals surface area (Å²) in [5.74, 6) is -2.31. The van der Waals surface area contributed by atoms with E-state index in [-0.39, 0.29) is 31.0 Å². The average Bonchev–Trinajstić information content (AvgIpc) is 3.89. The molecule has 3 aromatic carbocycles. The number of hydrogen-bond acceptors (Lipinski definition) is 10. The van der Waals surface area contributed by atoms with Gasteiger partial charge in [-0.3, -0.25) is 0 Å². The molecule has 15 heteroatoms. The summed E-state index contributed by atoms with van der Waals surface area (Å²) < 4.78 is 56.6. The second-order valence-electron chi connectivity index (χ2n) is 12.0. The number of rotatable bonds is 13. The van der Waals surface area contributed by atoms with Crippen molar-refractivity contribution in [3.63, 3.8) is 0 Å². The molecule has 262 valence electrons. The molecule has 13 nitrogen and oxygen atoms in total. The molecule has 2 aliphatic heterocycles. The van der Waals surface area contributed by atoms with Crippen LogP contribution in [0.4, 0.5) is 20.2 Å². The summed E-state index contributed by atoms with van der Waals surface area (Å²) >= 11 is 0. The molecule has 2 unspecified atom stereocenters. The van der Waals surface area contributed by atoms with Gasteiger partial charge in [-0.2, -0.15) is 10.2 Å². The van der Waals surface area contributed by atoms with E-state index >= 15 is 0 Å². The monoisotopic (exact) mass is 688 g/mol. The van der Waals surface area contributed by atoms with Crippen LogP contribution < -0.4 is 20.2 Å². The average molecular weight is 689 g/mol. The van der Waals surface area contributed by atoms with Gasteiger partial charge in [-0.1, -0.05) is 0 Å². The van der Waals surface area contributed by atoms with Gasteiger partial charge in [0.1, 0.15) is 55.6 Å². The van der Waals surface area contributed by atoms with Crippen LogP contribution in [-0.2, 0) is 33.1 Å². The molecular formula is C35H38F2N8O5. The zero-order valence-corrected chi connectivity index (χ0v) is 27.6. The third kappa shape index (κ3) is 7.25. The van der Waals surface area contributed by atoms with E-state index in [0.717, 1.165) is 49.3 Å². The standard InChI is InChI=1S/C35H38F2N8O5/c1-2-47-18-17-45-34(46)44(25-40-45)29-6-4-27(5-7-29)41-13-15-42(16-14-41)28-8-10-30(11-9-28)48-20-31-21-49-35(50-31,22-43-24-38-23-39-43)32-12-3-26(36)19-33(32)37/h3-12,19,23-25,31H,2,13-18,20-22H2,1H3. The molecule has 5 aromatic rings. The molecule has 0 aliphatic carbocycles. The Morgan fingerprint density at radius 2 is 1.60 bits per heavy atom. The molecule has 0 radical (unpaired) electrons. The third-order valence-electron chi connectivity index (χ3n) is 8.83. The van der Waals surface area contributed by atoms with Crippen LogP contribution in [0.25, 0.3) is 5.69 Å². The smallest absolute Gasteiger partial charge is 0.350 e. The van der Waals surface area contributed by atoms with Gasteiger partial charge in [0.2, 0.25) is 5.79 Å². The number of anilines is 2. The van der Waals surface area contributed by atoms with Crippen LogP contribution in [0.15, 0.2) is 90.5 Å². The van der Waals surface area contributed by atoms with Crippen molar-refractivity contribution in [2.24, 2.45) is 0 Å². The number of piperazine rings is 1. The minimum atomic E-state index is -1.51. The van der Waals surface area contributed by atoms with Crippen molar-refractivity contribution in [3.05, 3.63) is 113 Å². The van der Waals surface area contributed by atoms with Crippen molar-refractivity contribution in [1.82, 2.24) is 29.1 Å². The first-order valence-electron chi connectivity index (χ1n) is 16.6. The lowest BCUT2D eigenvalue weighted by atomic mass is 10.0. The molecular weight excluding hydrogens is 650 g/mol. The molecule has 0 bridgehead atoms. The van der Waals surface area contributed by atoms with Crippen LogP contribution in [0.5, 0.6) is 5.75 Å². The van der Waals surface area contributed by atoms with E-state index in [1.807, 2.05) is 55.5 Å². The van der Waals surface area contributed by atoms with Crippen LogP contribution >= 0.6 is 0 Å². The maximum atomic E-state index is 14.9. The first-order valence-corrected chi connectivity index (χ1v) is 16.6. The van der Waals surface area contributed by atoms with E-state index < -0.39 is 23.5 Å². The van der Waals surface area contributed by atoms with Crippen LogP contribution in [-0.4, -0.2) is 87.8 Å². The Balaban J connectivity index is 0.912. The second kappa shape index (κ2) is 14.8. The topological polar surface area (TPSA) is 114 Å². The first-order chi connectivity index (χ1) is 24.4. The van der Waals surface area contributed by atoms with Gasteiger partial charge < -0.3 is 28.7 Å². The SMILES string of the molecule is CCOCCn1ncn(-c2ccc(N3CCN(c4ccc(OCC5COC(Cn6cncn6)(c6ccc(F)cc6F)O5)cc4)CC3)cc2)c1=O. The normalized spacial score (nSPS) is 19.3. The molecule has 2 atom stereocenters. The van der Waals surface area contributed by atoms with Gasteiger partial charge in [0.25, 0.3) is 0 Å². The summed E-state index contributed by atoms with van der Waals surface area (Å²) in [5.41, 5.74) is 2.84. The Morgan fingerprint density at radius 1 is 0.900 bits per heavy atom. The Bertz CT molecular complexity index is 1910. The third-order valence-corrected chi connectivity index (χ3v) is 8.83. The Morgan fingerprint density at radius 3 is 2.26 bits per heavy atom. The van der Waals surface area contributed by atoms with Gasteiger partial charge in [0.15, 0.2) is 0 Å². The van der Waals surface area contributed by atoms with Gasteiger partial charge >= 0.3 is 5.69 Å². The van der Waals surface area contributed by atoms with E-state index in [1.54, 1.807) is 10.9 Å². The highest BCUT2D eigenvalue weighted by molar-refractivity contribution is 5.54. The second-order valence-corrected chi connectivity index (χ2v) is 12.0. The summed E-state index contributed by atoms with van der Waals surface area (Å²) in [6.45, 7) is 7.10. The Hall–Kier alpha value is -5.12. The minimum Gasteiger partial charge on any atom is -0.491 e. The molecule has 2 saturated heterocycles. The van der Waals surface area contributed by atoms with Crippen molar-refractivity contribution < 1.29 is 27.7 Å². The summed E-state index contributed by atoms with van der Waals surface area (Å²) in [7, 11) is 0. The van der Waals surface area contributed by atoms with Crippen molar-refractivity contribution in [1.29, 1.82) is 0 Å². The maximum absolute atomic E-state index is 14.9. The Kier molecular flexibility index (Phi) is 9.87. The maximum Gasteiger partial charge on any atom is 0.350 e. The van der Waals surface area contributed by atoms with Gasteiger partial charge in [0.05, 0.1) is 25.4 Å². The number of aromatic nitrogens is 6. The molecule has 0 amide bonds. The van der Waals surface area contributed by atoms with Crippen molar-refractivity contribution in [2.75, 3.05) is 62.4 Å². The van der Waals surface area contributed by atoms with Crippen LogP contribution in [0.3, 0.4) is 0 Å². The lowest BCUT2D eigenvalue weighted by Gasteiger charge is -2.37. The van der Waals surface area contributed by atoms with E-state index in [0.29, 0.717) is 25.5 Å². The Labute approximate surface area is 287 Å². The predicted octanol–water partition coefficient (Wildman–Crippen LogP) is 3.61. The number of benzene rings is 3. The first kappa shape index (κ1) is 33.4. The molecule has 0 N–H and O–H groups in total. The summed E-state index contributed by atoms with van der Waals surface area (Å²) in [6.07, 6.45) is 3.88. The zero-order valence-electron chi connectivity index (χ0n) is 27.6. The van der Waals surface area contributed by atoms with E-state index in [4.69, 9.17) is 18.9 Å². The largest absolute Gasteiger partial charge is 0.491 e. The van der Waals surface area contributed by atoms with Crippen molar-refractivity contribution in [2.45, 2.75) is 31.9 Å². The number of nitrogens with zero attached hydrogens (tertiary/aromatic N) is 8. The van der Waals surface area contributed by atoms with Gasteiger partial charge in [-0.05, 0) is 67.6 Å². The molecule has 50 heavy (non-hydrogen) atoms. The van der Waals surface area contributed by atoms with Crippen molar-refractivity contribution in [3.8, 4) is 11.4 Å². The molecule has 2 fully saturated rings. The fourth-order valence-electron chi connectivity index (χ4n) is 6.23. The molecule has 0 spiro atoms. The van der Waals surface area contributed by atoms with Gasteiger partial charge in [0, 0.05) is 55.8 Å². The lowest BCUT2D eigenvalue weighted by molar-refractivity contribution is -0.192. The summed E-state index contributed by atoms with van der Waals surface area (Å²) in [6, 6.07) is 19.2. The van der Waals surface area contributed by atoms with E-state index in [1.165, 1.54) is 34.2 Å². The predicted molar refractivity (Wildman–Crippen MR) is 180 cm³/mol. The molecule has 4 heterocycles. The van der Waals surface area contributed by atoms with Crippen LogP contribution in [0, 0.1) is 11.6 Å². The number of ether oxygens (including phenoxy) is 4. The lowest BCUT2D eigenvalue weighted by Crippen LogP contribution is -2.46. The molecule has 2 aromatic heterocycles. The van der Waals surface area contributed by atoms with Gasteiger partial charge in [-0.25, -0.2) is 32.5 Å². The van der Waals surface area contributed by atoms with Gasteiger partial charge in [-0.15, -0.1) is 0 Å². The van der Waals surface area contributed by atoms with E-state index in [9.17, 15) is 13.6 Å². The highest BCUT2D eigenvalue weighted by Crippen LogP contribution is 2.38. The van der Waals surface area contributed by atoms with Crippen LogP contribution in [0.2, 0.25) is 0 Å². The highest BCUT2D eigenvalue weighted by Gasteiger charge is 2.46. The van der Waals surface area contributed by atoms with Crippen LogP contribution in [0.1, 0.15) is 12.5 Å². The molecule has 7 rings (SSSR count). The summed E-state index contributed by atoms with van der Waals surface area (Å²) in [5, 5.41) is 8.31. The molecule has 0 saturated carbocycles. The quantitative estimate of drug-likeness (QED) is 0.170. The number of halogens is 2. The highest BCUT2D eigenvalue weighted by atomic mass is 19.1. The van der Waals surface area contributed by atoms with Crippen molar-refractivity contribution >= 4 is 11.4 Å². The molecule has 2 aliphatic rings. The zero-order chi connectivity index (χ0) is 34.5. The fraction of sp³-hybridized carbons (Fsp3) is 0.371. The summed E-state index contributed by atoms with van der Waals surface area (Å²) in [4.78, 5) is 21.3.